The second-order valence-electron chi connectivity index (χ2n) is 9.60. The summed E-state index contributed by atoms with van der Waals surface area (Å²) in [4.78, 5) is 54.7. The van der Waals surface area contributed by atoms with Gasteiger partial charge in [-0.05, 0) is 19.4 Å². The maximum absolute atomic E-state index is 13.1. The Morgan fingerprint density at radius 1 is 1.24 bits per heavy atom. The minimum Gasteiger partial charge on any atom is -0.394 e. The largest absolute Gasteiger partial charge is 0.472 e. The fraction of sp³-hybridized carbons (Fsp3) is 0.700. The number of thiol groups is 1. The van der Waals surface area contributed by atoms with Gasteiger partial charge in [0.2, 0.25) is 5.91 Å². The lowest BCUT2D eigenvalue weighted by molar-refractivity contribution is -0.131. The highest BCUT2D eigenvalue weighted by molar-refractivity contribution is 7.82. The first kappa shape index (κ1) is 26.7. The summed E-state index contributed by atoms with van der Waals surface area (Å²) in [6.45, 7) is 1.93. The van der Waals surface area contributed by atoms with Gasteiger partial charge in [0.1, 0.15) is 41.6 Å². The standard InChI is InChI=1S/C20H27N4O11PS/c1-8-5-23-13-3-9(26)12(34-13)7-32-36(30,31)35-10-4-14(33-11(10)6-25)24-16(15(8)21-18(23)28)20(2,37)17(27)22-19(24)29/h5,9-14,16,25-26,37H,3-4,6-7H2,1-2H3,(H,30,31)(H,22,27,29)/t9-,10-,11+,12+,13+,14+,16-,20+/m0/s1. The molecule has 1 aromatic rings. The lowest BCUT2D eigenvalue weighted by atomic mass is 9.90. The van der Waals surface area contributed by atoms with Crippen molar-refractivity contribution in [3.8, 4) is 0 Å². The quantitative estimate of drug-likeness (QED) is 0.209. The van der Waals surface area contributed by atoms with Gasteiger partial charge in [-0.1, -0.05) is 0 Å². The smallest absolute Gasteiger partial charge is 0.394 e. The van der Waals surface area contributed by atoms with Crippen LogP contribution in [0.1, 0.15) is 43.3 Å². The molecule has 1 aromatic heterocycles. The van der Waals surface area contributed by atoms with E-state index in [0.29, 0.717) is 5.56 Å². The van der Waals surface area contributed by atoms with E-state index in [1.165, 1.54) is 13.1 Å². The number of imide groups is 1. The molecule has 15 nitrogen and oxygen atoms in total. The van der Waals surface area contributed by atoms with Crippen LogP contribution in [0.3, 0.4) is 0 Å². The molecule has 6 bridgehead atoms. The molecular weight excluding hydrogens is 535 g/mol. The third-order valence-corrected chi connectivity index (χ3v) is 8.47. The number of rotatable bonds is 1. The Hall–Kier alpha value is -1.88. The maximum atomic E-state index is 13.1. The number of aromatic nitrogens is 2. The van der Waals surface area contributed by atoms with Gasteiger partial charge in [0.25, 0.3) is 0 Å². The number of carbonyl (C=O) groups excluding carboxylic acids is 2. The van der Waals surface area contributed by atoms with Gasteiger partial charge < -0.3 is 24.6 Å². The van der Waals surface area contributed by atoms with Crippen molar-refractivity contribution in [1.29, 1.82) is 0 Å². The van der Waals surface area contributed by atoms with E-state index in [2.05, 4.69) is 22.9 Å². The van der Waals surface area contributed by atoms with E-state index in [1.807, 2.05) is 0 Å². The number of phosphoric acid groups is 1. The van der Waals surface area contributed by atoms with E-state index >= 15 is 0 Å². The Bertz CT molecular complexity index is 1230. The Morgan fingerprint density at radius 3 is 2.68 bits per heavy atom. The highest BCUT2D eigenvalue weighted by Gasteiger charge is 2.56. The number of aryl methyl sites for hydroxylation is 1. The molecule has 5 aliphatic rings. The normalized spacial score (nSPS) is 42.1. The van der Waals surface area contributed by atoms with E-state index in [1.54, 1.807) is 6.92 Å². The molecule has 6 rings (SSSR count). The van der Waals surface area contributed by atoms with Crippen LogP contribution in [0.2, 0.25) is 0 Å². The van der Waals surface area contributed by atoms with Gasteiger partial charge in [0, 0.05) is 19.0 Å². The van der Waals surface area contributed by atoms with Crippen LogP contribution in [0.4, 0.5) is 4.79 Å². The van der Waals surface area contributed by atoms with Crippen LogP contribution in [0.25, 0.3) is 0 Å². The predicted molar refractivity (Wildman–Crippen MR) is 124 cm³/mol. The van der Waals surface area contributed by atoms with E-state index in [4.69, 9.17) is 18.5 Å². The van der Waals surface area contributed by atoms with Crippen LogP contribution in [0, 0.1) is 6.92 Å². The summed E-state index contributed by atoms with van der Waals surface area (Å²) < 4.78 is 34.1. The molecule has 204 valence electrons. The number of hydrogen-bond donors (Lipinski definition) is 5. The molecule has 1 unspecified atom stereocenters. The minimum atomic E-state index is -4.75. The number of aliphatic hydroxyl groups excluding tert-OH is 2. The molecule has 0 saturated carbocycles. The van der Waals surface area contributed by atoms with Gasteiger partial charge in [0.15, 0.2) is 0 Å². The highest BCUT2D eigenvalue weighted by atomic mass is 32.1. The van der Waals surface area contributed by atoms with E-state index in [-0.39, 0.29) is 18.5 Å². The van der Waals surface area contributed by atoms with Crippen molar-refractivity contribution in [3.63, 3.8) is 0 Å². The van der Waals surface area contributed by atoms with Gasteiger partial charge >= 0.3 is 19.5 Å². The molecule has 3 saturated heterocycles. The van der Waals surface area contributed by atoms with Gasteiger partial charge in [-0.25, -0.2) is 14.2 Å². The molecule has 4 N–H and O–H groups in total. The Kier molecular flexibility index (Phi) is 6.78. The number of fused-ring (bicyclic) bond motifs is 5. The molecule has 0 radical (unpaired) electrons. The van der Waals surface area contributed by atoms with Crippen LogP contribution < -0.4 is 11.0 Å². The molecular formula is C20H27N4O11PS. The third-order valence-electron chi connectivity index (χ3n) is 7.01. The van der Waals surface area contributed by atoms with Gasteiger partial charge in [0.05, 0.1) is 25.0 Å². The molecule has 6 heterocycles. The maximum Gasteiger partial charge on any atom is 0.472 e. The molecule has 0 aliphatic carbocycles. The van der Waals surface area contributed by atoms with E-state index in [0.717, 1.165) is 9.47 Å². The van der Waals surface area contributed by atoms with Crippen molar-refractivity contribution in [2.45, 2.75) is 74.3 Å². The minimum absolute atomic E-state index is 0.0309. The SMILES string of the molecule is Cc1cn2c(=O)nc1[C@@H]1N(C(=O)NC(=O)[C@]1(C)S)[C@H]1C[C@H](OP(=O)(O)OC[C@H]3O[C@@H]2C[C@@H]3O)[C@@H](CO)O1. The Morgan fingerprint density at radius 2 is 1.97 bits per heavy atom. The second-order valence-corrected chi connectivity index (χ2v) is 11.9. The molecule has 0 spiro atoms. The summed E-state index contributed by atoms with van der Waals surface area (Å²) in [6.07, 6.45) is -5.43. The van der Waals surface area contributed by atoms with Crippen molar-refractivity contribution >= 4 is 32.4 Å². The summed E-state index contributed by atoms with van der Waals surface area (Å²) in [7, 11) is -4.75. The number of aliphatic hydroxyl groups is 2. The third kappa shape index (κ3) is 4.64. The lowest BCUT2D eigenvalue weighted by Gasteiger charge is -2.46. The molecule has 3 amide bonds. The lowest BCUT2D eigenvalue weighted by Crippen LogP contribution is -2.65. The average molecular weight is 562 g/mol. The average Bonchev–Trinajstić information content (AvgIpc) is 3.38. The number of nitrogens with zero attached hydrogens (tertiary/aromatic N) is 3. The summed E-state index contributed by atoms with van der Waals surface area (Å²) in [5, 5.41) is 22.5. The molecule has 37 heavy (non-hydrogen) atoms. The summed E-state index contributed by atoms with van der Waals surface area (Å²) in [5.41, 5.74) is -0.274. The van der Waals surface area contributed by atoms with Gasteiger partial charge in [-0.15, -0.1) is 0 Å². The van der Waals surface area contributed by atoms with Gasteiger partial charge in [-0.2, -0.15) is 17.6 Å². The van der Waals surface area contributed by atoms with Crippen LogP contribution >= 0.6 is 20.5 Å². The molecule has 3 fully saturated rings. The van der Waals surface area contributed by atoms with Crippen LogP contribution in [-0.4, -0.2) is 90.1 Å². The Labute approximate surface area is 215 Å². The zero-order valence-corrected chi connectivity index (χ0v) is 21.6. The van der Waals surface area contributed by atoms with Crippen LogP contribution in [0.15, 0.2) is 11.0 Å². The molecule has 17 heteroatoms. The molecule has 0 aromatic carbocycles. The van der Waals surface area contributed by atoms with Crippen molar-refractivity contribution < 1.29 is 47.8 Å². The first-order valence-electron chi connectivity index (χ1n) is 11.5. The van der Waals surface area contributed by atoms with Crippen LogP contribution in [0.5, 0.6) is 0 Å². The summed E-state index contributed by atoms with van der Waals surface area (Å²) >= 11 is 4.52. The number of urea groups is 1. The monoisotopic (exact) mass is 562 g/mol. The molecule has 9 atom stereocenters. The van der Waals surface area contributed by atoms with Crippen LogP contribution in [-0.2, 0) is 27.9 Å². The van der Waals surface area contributed by atoms with Crippen molar-refractivity contribution in [3.05, 3.63) is 27.9 Å². The van der Waals surface area contributed by atoms with E-state index in [9.17, 15) is 34.1 Å². The van der Waals surface area contributed by atoms with Gasteiger partial charge in [-0.3, -0.25) is 28.6 Å². The van der Waals surface area contributed by atoms with Crippen molar-refractivity contribution in [2.75, 3.05) is 13.2 Å². The topological polar surface area (TPSA) is 199 Å². The summed E-state index contributed by atoms with van der Waals surface area (Å²) in [5.74, 6) is -0.732. The number of nitrogens with one attached hydrogen (secondary N) is 1. The zero-order chi connectivity index (χ0) is 26.9. The number of carbonyl (C=O) groups is 2. The summed E-state index contributed by atoms with van der Waals surface area (Å²) in [6, 6.07) is -2.08. The van der Waals surface area contributed by atoms with E-state index < -0.39 is 86.3 Å². The fourth-order valence-corrected chi connectivity index (χ4v) is 6.37. The number of phosphoric ester groups is 1. The second kappa shape index (κ2) is 9.39. The Balaban J connectivity index is 1.66. The molecule has 5 aliphatic heterocycles. The van der Waals surface area contributed by atoms with Crippen molar-refractivity contribution in [2.24, 2.45) is 0 Å². The first-order chi connectivity index (χ1) is 17.3. The number of ether oxygens (including phenoxy) is 2. The van der Waals surface area contributed by atoms with Crippen molar-refractivity contribution in [1.82, 2.24) is 19.8 Å². The number of amides is 3. The zero-order valence-electron chi connectivity index (χ0n) is 19.8. The highest BCUT2D eigenvalue weighted by Crippen LogP contribution is 2.50. The predicted octanol–water partition coefficient (Wildman–Crippen LogP) is -0.895. The first-order valence-corrected chi connectivity index (χ1v) is 13.5. The number of hydrogen-bond acceptors (Lipinski definition) is 12. The fourth-order valence-electron chi connectivity index (χ4n) is 5.11.